The highest BCUT2D eigenvalue weighted by atomic mass is 32.1. The number of likely N-dealkylation sites (N-methyl/N-ethyl adjacent to an activating group) is 2. The number of hydrazine groups is 2. The maximum Gasteiger partial charge on any atom is 0.293 e. The lowest BCUT2D eigenvalue weighted by molar-refractivity contribution is -0.250. The van der Waals surface area contributed by atoms with Crippen molar-refractivity contribution in [3.8, 4) is 0 Å². The predicted molar refractivity (Wildman–Crippen MR) is 323 cm³/mol. The monoisotopic (exact) mass is 1080 g/mol. The van der Waals surface area contributed by atoms with Crippen LogP contribution in [0, 0.1) is 17.3 Å². The second-order valence-corrected chi connectivity index (χ2v) is 18.8. The zero-order valence-corrected chi connectivity index (χ0v) is 50.8. The van der Waals surface area contributed by atoms with Gasteiger partial charge in [-0.2, -0.15) is 12.6 Å². The number of benzene rings is 1. The normalized spacial score (nSPS) is 17.6. The summed E-state index contributed by atoms with van der Waals surface area (Å²) in [5, 5.41) is 3.62. The Morgan fingerprint density at radius 1 is 1.00 bits per heavy atom. The zero-order chi connectivity index (χ0) is 57.7. The third kappa shape index (κ3) is 22.4. The molecule has 1 fully saturated rings. The smallest absolute Gasteiger partial charge is 0.293 e. The molecule has 14 nitrogen and oxygen atoms in total. The Morgan fingerprint density at radius 2 is 1.64 bits per heavy atom. The highest BCUT2D eigenvalue weighted by molar-refractivity contribution is 7.96. The van der Waals surface area contributed by atoms with Crippen LogP contribution in [0.4, 0.5) is 5.69 Å². The molecule has 4 heterocycles. The van der Waals surface area contributed by atoms with E-state index in [4.69, 9.17) is 24.3 Å². The first-order chi connectivity index (χ1) is 36.2. The second kappa shape index (κ2) is 41.9. The number of nitrogens with two attached hydrogens (primary N) is 2. The molecule has 0 bridgehead atoms. The largest absolute Gasteiger partial charge is 0.467 e. The fourth-order valence-electron chi connectivity index (χ4n) is 9.73. The number of allylic oxidation sites excluding steroid dienone is 2. The molecular formula is C59H102N8O6S2. The van der Waals surface area contributed by atoms with E-state index >= 15 is 0 Å². The Kier molecular flexibility index (Phi) is 40.8. The van der Waals surface area contributed by atoms with Crippen molar-refractivity contribution >= 4 is 66.5 Å². The summed E-state index contributed by atoms with van der Waals surface area (Å²) in [6.45, 7) is 40.6. The standard InChI is InChI=1S/C50H72N6O5S.C2H4O.3C2H6.CH4S.H4N2/c1-10-35(5)46-40(20-19-24-51-46)48-42(31-50(8,9)32-60-34-58)41-29-38(22-23-45(41)54(48)13-4)44-30-39(43(52-44)21-17-15-14-16-18-26-57)28-36(6)47(49(59)62)55-25-27-61-56(55)33-53(12-3)37(7)11-2;1-2-3;5*1-2/h11,19-20,22-24,26,29-30,34-36,39,42,47-48H,2,7,10,12-18,21,25,27-28,31-33H2,1,3-6,8-9H3,(H,59,62);2H,1H3;3*1-2H3;2H,1H3;1-2H2. The Hall–Kier alpha value is -4.16. The molecule has 2 aromatic rings. The topological polar surface area (TPSA) is 177 Å². The van der Waals surface area contributed by atoms with E-state index in [1.807, 2.05) is 52.7 Å². The summed E-state index contributed by atoms with van der Waals surface area (Å²) < 4.78 is 5.40. The molecule has 0 saturated carbocycles. The summed E-state index contributed by atoms with van der Waals surface area (Å²) >= 11 is 7.99. The number of aliphatic imine (C=N–C) groups is 1. The van der Waals surface area contributed by atoms with E-state index in [-0.39, 0.29) is 34.3 Å². The first-order valence-electron chi connectivity index (χ1n) is 27.5. The number of carbonyl (C=O) groups is 4. The summed E-state index contributed by atoms with van der Waals surface area (Å²) in [7, 11) is 0. The number of unbranched alkanes of at least 4 members (excludes halogenated alkanes) is 4. The number of hydroxylamine groups is 1. The molecule has 1 saturated heterocycles. The van der Waals surface area contributed by atoms with Crippen LogP contribution in [0.2, 0.25) is 0 Å². The molecule has 5 rings (SSSR count). The van der Waals surface area contributed by atoms with Crippen molar-refractivity contribution in [2.45, 2.75) is 179 Å². The molecule has 3 aliphatic heterocycles. The van der Waals surface area contributed by atoms with E-state index in [0.717, 1.165) is 98.8 Å². The van der Waals surface area contributed by atoms with Crippen LogP contribution in [-0.2, 0) is 28.8 Å². The quantitative estimate of drug-likeness (QED) is 0.0166. The first-order valence-corrected chi connectivity index (χ1v) is 28.9. The molecule has 16 heteroatoms. The Balaban J connectivity index is 0. The maximum absolute atomic E-state index is 13.4. The van der Waals surface area contributed by atoms with Gasteiger partial charge in [-0.15, -0.1) is 17.8 Å². The van der Waals surface area contributed by atoms with Crippen molar-refractivity contribution < 1.29 is 28.8 Å². The van der Waals surface area contributed by atoms with Gasteiger partial charge in [0.2, 0.25) is 5.12 Å². The molecule has 1 aromatic heterocycles. The van der Waals surface area contributed by atoms with Gasteiger partial charge in [-0.3, -0.25) is 36.1 Å². The van der Waals surface area contributed by atoms with Crippen molar-refractivity contribution in [2.75, 3.05) is 50.7 Å². The number of hydrogen-bond donors (Lipinski definition) is 4. The molecule has 0 spiro atoms. The van der Waals surface area contributed by atoms with E-state index < -0.39 is 6.04 Å². The summed E-state index contributed by atoms with van der Waals surface area (Å²) in [5.41, 5.74) is 8.55. The number of ether oxygens (including phenoxy) is 1. The number of hydrogen-bond acceptors (Lipinski definition) is 15. The van der Waals surface area contributed by atoms with Gasteiger partial charge in [-0.05, 0) is 124 Å². The van der Waals surface area contributed by atoms with Gasteiger partial charge in [0.15, 0.2) is 0 Å². The van der Waals surface area contributed by atoms with Gasteiger partial charge >= 0.3 is 0 Å². The van der Waals surface area contributed by atoms with E-state index in [1.54, 1.807) is 17.5 Å². The van der Waals surface area contributed by atoms with Crippen LogP contribution in [0.1, 0.15) is 195 Å². The van der Waals surface area contributed by atoms with Gasteiger partial charge in [0.1, 0.15) is 19.2 Å². The first kappa shape index (κ1) is 72.9. The summed E-state index contributed by atoms with van der Waals surface area (Å²) in [4.78, 5) is 65.6. The molecule has 0 amide bonds. The summed E-state index contributed by atoms with van der Waals surface area (Å²) in [6.07, 6.45) is 17.3. The minimum absolute atomic E-state index is 0.0339. The third-order valence-corrected chi connectivity index (χ3v) is 13.4. The van der Waals surface area contributed by atoms with Crippen LogP contribution < -0.4 is 16.6 Å². The molecule has 0 radical (unpaired) electrons. The number of anilines is 1. The van der Waals surface area contributed by atoms with Crippen LogP contribution >= 0.6 is 25.3 Å². The van der Waals surface area contributed by atoms with Gasteiger partial charge in [-0.25, -0.2) is 5.01 Å². The highest BCUT2D eigenvalue weighted by Crippen LogP contribution is 2.55. The zero-order valence-electron chi connectivity index (χ0n) is 49.0. The van der Waals surface area contributed by atoms with Crippen LogP contribution in [0.3, 0.4) is 0 Å². The number of thiol groups is 2. The minimum atomic E-state index is -0.504. The van der Waals surface area contributed by atoms with Gasteiger partial charge in [0.05, 0.1) is 31.0 Å². The average molecular weight is 1080 g/mol. The number of pyridine rings is 1. The molecule has 0 aliphatic carbocycles. The molecule has 75 heavy (non-hydrogen) atoms. The highest BCUT2D eigenvalue weighted by Gasteiger charge is 2.44. The number of aromatic nitrogens is 1. The molecular weight excluding hydrogens is 981 g/mol. The van der Waals surface area contributed by atoms with Crippen molar-refractivity contribution in [2.24, 2.45) is 33.9 Å². The third-order valence-electron chi connectivity index (χ3n) is 13.1. The van der Waals surface area contributed by atoms with Crippen LogP contribution in [-0.4, -0.2) is 102 Å². The summed E-state index contributed by atoms with van der Waals surface area (Å²) in [5.74, 6) is 8.37. The van der Waals surface area contributed by atoms with Crippen LogP contribution in [0.5, 0.6) is 0 Å². The molecule has 4 N–H and O–H groups in total. The van der Waals surface area contributed by atoms with Crippen molar-refractivity contribution in [3.05, 3.63) is 89.9 Å². The van der Waals surface area contributed by atoms with Gasteiger partial charge in [-0.1, -0.05) is 114 Å². The van der Waals surface area contributed by atoms with Gasteiger partial charge in [0.25, 0.3) is 6.47 Å². The lowest BCUT2D eigenvalue weighted by Gasteiger charge is -2.38. The van der Waals surface area contributed by atoms with E-state index in [0.29, 0.717) is 51.8 Å². The van der Waals surface area contributed by atoms with E-state index in [1.165, 1.54) is 23.7 Å². The van der Waals surface area contributed by atoms with E-state index in [2.05, 4.69) is 145 Å². The fourth-order valence-corrected chi connectivity index (χ4v) is 10.1. The van der Waals surface area contributed by atoms with Gasteiger partial charge in [0, 0.05) is 72.4 Å². The Bertz CT molecular complexity index is 2000. The Morgan fingerprint density at radius 3 is 2.20 bits per heavy atom. The number of nitrogens with zero attached hydrogens (tertiary/aromatic N) is 6. The van der Waals surface area contributed by atoms with Gasteiger partial charge < -0.3 is 24.1 Å². The second-order valence-electron chi connectivity index (χ2n) is 18.3. The molecule has 3 aliphatic rings. The van der Waals surface area contributed by atoms with Crippen molar-refractivity contribution in [1.29, 1.82) is 0 Å². The number of fused-ring (bicyclic) bond motifs is 1. The average Bonchev–Trinajstić information content (AvgIpc) is 4.15. The molecule has 6 unspecified atom stereocenters. The molecule has 1 aromatic carbocycles. The lowest BCUT2D eigenvalue weighted by atomic mass is 9.76. The summed E-state index contributed by atoms with van der Waals surface area (Å²) in [6, 6.07) is 10.7. The van der Waals surface area contributed by atoms with Crippen molar-refractivity contribution in [1.82, 2.24) is 20.1 Å². The minimum Gasteiger partial charge on any atom is -0.467 e. The maximum atomic E-state index is 13.4. The number of aldehydes is 2. The molecule has 426 valence electrons. The Labute approximate surface area is 466 Å². The number of rotatable bonds is 27. The van der Waals surface area contributed by atoms with Crippen molar-refractivity contribution in [3.63, 3.8) is 0 Å². The van der Waals surface area contributed by atoms with Crippen LogP contribution in [0.15, 0.2) is 72.5 Å². The SMILES string of the molecule is C=CC(=C)N(CC)CN1OCCN1C(C(=O)S)C(C)CC1C=C(c2ccc3c(c2)C(CC(C)(C)COC=O)C(c2cccnc2C(C)CC)N3CC)N=C1CCCCCCC=O.CC.CC.CC.CC=O.CS.NN. The number of carbonyl (C=O) groups excluding carboxylic acids is 4. The fraction of sp³-hybridized carbons (Fsp3) is 0.627. The predicted octanol–water partition coefficient (Wildman–Crippen LogP) is 12.7. The van der Waals surface area contributed by atoms with E-state index in [9.17, 15) is 14.4 Å². The van der Waals surface area contributed by atoms with Crippen LogP contribution in [0.25, 0.3) is 5.70 Å². The molecule has 6 atom stereocenters. The lowest BCUT2D eigenvalue weighted by Crippen LogP contribution is -2.52.